The lowest BCUT2D eigenvalue weighted by molar-refractivity contribution is -0.120. The summed E-state index contributed by atoms with van der Waals surface area (Å²) in [5, 5.41) is 0. The molecule has 0 unspecified atom stereocenters. The third kappa shape index (κ3) is 4.06. The van der Waals surface area contributed by atoms with Gasteiger partial charge in [-0.15, -0.1) is 0 Å². The van der Waals surface area contributed by atoms with E-state index in [1.807, 2.05) is 24.3 Å². The smallest absolute Gasteiger partial charge is 0.132 e. The van der Waals surface area contributed by atoms with E-state index in [1.54, 1.807) is 14.0 Å². The van der Waals surface area contributed by atoms with Crippen molar-refractivity contribution in [2.45, 2.75) is 39.4 Å². The zero-order chi connectivity index (χ0) is 13.8. The van der Waals surface area contributed by atoms with Crippen molar-refractivity contribution in [3.63, 3.8) is 0 Å². The summed E-state index contributed by atoms with van der Waals surface area (Å²) in [6.45, 7) is 4.41. The van der Waals surface area contributed by atoms with E-state index in [9.17, 15) is 4.79 Å². The Morgan fingerprint density at radius 3 is 2.47 bits per heavy atom. The fourth-order valence-corrected chi connectivity index (χ4v) is 2.41. The van der Waals surface area contributed by atoms with Crippen molar-refractivity contribution >= 4 is 5.78 Å². The van der Waals surface area contributed by atoms with E-state index < -0.39 is 0 Å². The monoisotopic (exact) mass is 262 g/mol. The Kier molecular flexibility index (Phi) is 4.59. The van der Waals surface area contributed by atoms with Crippen LogP contribution in [0.2, 0.25) is 0 Å². The number of rotatable bonds is 7. The van der Waals surface area contributed by atoms with Crippen molar-refractivity contribution < 1.29 is 14.3 Å². The number of benzene rings is 1. The number of hydrogen-bond acceptors (Lipinski definition) is 3. The quantitative estimate of drug-likeness (QED) is 0.757. The number of ether oxygens (including phenoxy) is 2. The molecule has 0 radical (unpaired) electrons. The summed E-state index contributed by atoms with van der Waals surface area (Å²) in [6, 6.07) is 7.86. The summed E-state index contributed by atoms with van der Waals surface area (Å²) in [6.07, 6.45) is 1.79. The van der Waals surface area contributed by atoms with Crippen LogP contribution in [0.3, 0.4) is 0 Å². The average molecular weight is 262 g/mol. The Balaban J connectivity index is 1.88. The number of ketones is 1. The van der Waals surface area contributed by atoms with Gasteiger partial charge in [0.2, 0.25) is 0 Å². The van der Waals surface area contributed by atoms with Gasteiger partial charge in [-0.25, -0.2) is 0 Å². The molecule has 3 atom stereocenters. The van der Waals surface area contributed by atoms with Crippen molar-refractivity contribution in [3.8, 4) is 5.75 Å². The van der Waals surface area contributed by atoms with Crippen LogP contribution in [0.1, 0.15) is 32.3 Å². The standard InChI is InChI=1S/C16H22O3/c1-11-8-15(11)16(9-12(2)17)19-10-13-4-6-14(18-3)7-5-13/h4-7,11,15-16H,8-10H2,1-3H3/t11-,15-,16+/m1/s1. The van der Waals surface area contributed by atoms with Gasteiger partial charge in [-0.1, -0.05) is 19.1 Å². The minimum atomic E-state index is 0.0783. The van der Waals surface area contributed by atoms with Gasteiger partial charge in [0.25, 0.3) is 0 Å². The Morgan fingerprint density at radius 2 is 2.00 bits per heavy atom. The number of carbonyl (C=O) groups excluding carboxylic acids is 1. The molecule has 1 aliphatic rings. The minimum Gasteiger partial charge on any atom is -0.497 e. The second kappa shape index (κ2) is 6.20. The second-order valence-electron chi connectivity index (χ2n) is 5.48. The molecule has 3 heteroatoms. The lowest BCUT2D eigenvalue weighted by Crippen LogP contribution is -2.19. The first-order chi connectivity index (χ1) is 9.10. The normalized spacial score (nSPS) is 22.9. The highest BCUT2D eigenvalue weighted by atomic mass is 16.5. The van der Waals surface area contributed by atoms with E-state index in [0.717, 1.165) is 11.3 Å². The van der Waals surface area contributed by atoms with Crippen LogP contribution in [0, 0.1) is 11.8 Å². The summed E-state index contributed by atoms with van der Waals surface area (Å²) in [4.78, 5) is 11.3. The van der Waals surface area contributed by atoms with Crippen LogP contribution in [0.15, 0.2) is 24.3 Å². The molecule has 3 nitrogen and oxygen atoms in total. The van der Waals surface area contributed by atoms with Gasteiger partial charge in [-0.3, -0.25) is 4.79 Å². The van der Waals surface area contributed by atoms with Crippen LogP contribution in [0.4, 0.5) is 0 Å². The number of carbonyl (C=O) groups is 1. The maximum absolute atomic E-state index is 11.3. The van der Waals surface area contributed by atoms with Crippen LogP contribution in [0.25, 0.3) is 0 Å². The van der Waals surface area contributed by atoms with Crippen LogP contribution in [-0.2, 0) is 16.1 Å². The van der Waals surface area contributed by atoms with Gasteiger partial charge in [0, 0.05) is 6.42 Å². The third-order valence-electron chi connectivity index (χ3n) is 3.76. The fraction of sp³-hybridized carbons (Fsp3) is 0.562. The molecular weight excluding hydrogens is 240 g/mol. The van der Waals surface area contributed by atoms with Crippen molar-refractivity contribution in [1.82, 2.24) is 0 Å². The molecule has 0 saturated heterocycles. The van der Waals surface area contributed by atoms with Crippen LogP contribution in [0.5, 0.6) is 5.75 Å². The first-order valence-electron chi connectivity index (χ1n) is 6.84. The van der Waals surface area contributed by atoms with Gasteiger partial charge in [-0.05, 0) is 42.9 Å². The van der Waals surface area contributed by atoms with Crippen LogP contribution >= 0.6 is 0 Å². The molecule has 0 aromatic heterocycles. The zero-order valence-electron chi connectivity index (χ0n) is 11.9. The van der Waals surface area contributed by atoms with E-state index >= 15 is 0 Å². The lowest BCUT2D eigenvalue weighted by atomic mass is 10.1. The topological polar surface area (TPSA) is 35.5 Å². The van der Waals surface area contributed by atoms with Gasteiger partial charge in [0.15, 0.2) is 0 Å². The highest BCUT2D eigenvalue weighted by molar-refractivity contribution is 5.76. The van der Waals surface area contributed by atoms with E-state index in [0.29, 0.717) is 24.9 Å². The molecule has 1 aromatic carbocycles. The van der Waals surface area contributed by atoms with Crippen molar-refractivity contribution in [3.05, 3.63) is 29.8 Å². The zero-order valence-corrected chi connectivity index (χ0v) is 11.9. The Labute approximate surface area is 114 Å². The number of methoxy groups -OCH3 is 1. The minimum absolute atomic E-state index is 0.0783. The van der Waals surface area contributed by atoms with Crippen molar-refractivity contribution in [1.29, 1.82) is 0 Å². The number of Topliss-reactive ketones (excluding diaryl/α,β-unsaturated/α-hetero) is 1. The first-order valence-corrected chi connectivity index (χ1v) is 6.84. The van der Waals surface area contributed by atoms with Gasteiger partial charge in [0.1, 0.15) is 11.5 Å². The van der Waals surface area contributed by atoms with Gasteiger partial charge < -0.3 is 9.47 Å². The molecule has 0 spiro atoms. The van der Waals surface area contributed by atoms with E-state index in [4.69, 9.17) is 9.47 Å². The molecule has 0 N–H and O–H groups in total. The molecule has 1 fully saturated rings. The maximum atomic E-state index is 11.3. The summed E-state index contributed by atoms with van der Waals surface area (Å²) in [7, 11) is 1.66. The summed E-state index contributed by atoms with van der Waals surface area (Å²) in [5.74, 6) is 2.31. The van der Waals surface area contributed by atoms with Crippen molar-refractivity contribution in [2.75, 3.05) is 7.11 Å². The Bertz CT molecular complexity index is 424. The maximum Gasteiger partial charge on any atom is 0.132 e. The predicted octanol–water partition coefficient (Wildman–Crippen LogP) is 3.22. The summed E-state index contributed by atoms with van der Waals surface area (Å²) >= 11 is 0. The SMILES string of the molecule is COc1ccc(CO[C@@H](CC(C)=O)[C@@H]2C[C@H]2C)cc1. The average Bonchev–Trinajstić information content (AvgIpc) is 3.12. The molecule has 1 aliphatic carbocycles. The Morgan fingerprint density at radius 1 is 1.37 bits per heavy atom. The van der Waals surface area contributed by atoms with E-state index in [2.05, 4.69) is 6.92 Å². The summed E-state index contributed by atoms with van der Waals surface area (Å²) < 4.78 is 11.1. The van der Waals surface area contributed by atoms with Gasteiger partial charge >= 0.3 is 0 Å². The predicted molar refractivity (Wildman–Crippen MR) is 74.1 cm³/mol. The molecule has 19 heavy (non-hydrogen) atoms. The highest BCUT2D eigenvalue weighted by Gasteiger charge is 2.40. The Hall–Kier alpha value is -1.35. The van der Waals surface area contributed by atoms with E-state index in [-0.39, 0.29) is 11.9 Å². The first kappa shape index (κ1) is 14.1. The van der Waals surface area contributed by atoms with Gasteiger partial charge in [-0.2, -0.15) is 0 Å². The molecule has 0 amide bonds. The van der Waals surface area contributed by atoms with Crippen LogP contribution in [-0.4, -0.2) is 19.0 Å². The molecule has 1 saturated carbocycles. The molecule has 0 bridgehead atoms. The molecule has 0 heterocycles. The third-order valence-corrected chi connectivity index (χ3v) is 3.76. The molecule has 0 aliphatic heterocycles. The molecule has 2 rings (SSSR count). The second-order valence-corrected chi connectivity index (χ2v) is 5.48. The van der Waals surface area contributed by atoms with E-state index in [1.165, 1.54) is 6.42 Å². The largest absolute Gasteiger partial charge is 0.497 e. The molecule has 104 valence electrons. The molecule has 1 aromatic rings. The fourth-order valence-electron chi connectivity index (χ4n) is 2.41. The highest BCUT2D eigenvalue weighted by Crippen LogP contribution is 2.43. The lowest BCUT2D eigenvalue weighted by Gasteiger charge is -2.16. The molecular formula is C16H22O3. The number of hydrogen-bond donors (Lipinski definition) is 0. The van der Waals surface area contributed by atoms with Gasteiger partial charge in [0.05, 0.1) is 19.8 Å². The van der Waals surface area contributed by atoms with Crippen LogP contribution < -0.4 is 4.74 Å². The van der Waals surface area contributed by atoms with Crippen molar-refractivity contribution in [2.24, 2.45) is 11.8 Å². The summed E-state index contributed by atoms with van der Waals surface area (Å²) in [5.41, 5.74) is 1.11.